The Bertz CT molecular complexity index is 2920. The predicted molar refractivity (Wildman–Crippen MR) is 242 cm³/mol. The van der Waals surface area contributed by atoms with Crippen molar-refractivity contribution in [2.24, 2.45) is 0 Å². The largest absolute Gasteiger partial charge is 0.416 e. The maximum absolute atomic E-state index is 14.3. The van der Waals surface area contributed by atoms with E-state index in [4.69, 9.17) is 0 Å². The van der Waals surface area contributed by atoms with Crippen LogP contribution in [0.25, 0.3) is 0 Å². The topological polar surface area (TPSA) is 17.1 Å². The van der Waals surface area contributed by atoms with Crippen LogP contribution in [0.15, 0.2) is 161 Å². The predicted octanol–water partition coefficient (Wildman–Crippen LogP) is 16.1. The molecule has 0 aliphatic heterocycles. The summed E-state index contributed by atoms with van der Waals surface area (Å²) in [6.07, 6.45) is -54.8. The number of Topliss-reactive ketones (excluding diaryl/α,β-unsaturated/α-hetero) is 1. The minimum Gasteiger partial charge on any atom is -0.289 e. The number of benzene rings is 7. The monoisotopic (exact) mass is 1200 g/mol. The molecule has 7 aromatic rings. The van der Waals surface area contributed by atoms with Gasteiger partial charge in [-0.05, 0) is 48.5 Å². The van der Waals surface area contributed by atoms with E-state index in [1.54, 1.807) is 60.7 Å². The Balaban J connectivity index is 0.000000363. The van der Waals surface area contributed by atoms with Gasteiger partial charge in [-0.1, -0.05) is 103 Å². The van der Waals surface area contributed by atoms with Gasteiger partial charge in [0.25, 0.3) is 0 Å². The molecule has 7 rings (SSSR count). The fraction of sp³-hybridized carbons (Fsp3) is 0.173. The first-order valence-corrected chi connectivity index (χ1v) is 23.5. The number of carbonyl (C=O) groups excluding carboxylic acids is 1. The lowest BCUT2D eigenvalue weighted by molar-refractivity contribution is -0.144. The molecule has 7 aromatic carbocycles. The van der Waals surface area contributed by atoms with Gasteiger partial charge in [0.1, 0.15) is 6.15 Å². The van der Waals surface area contributed by atoms with Crippen LogP contribution in [0.5, 0.6) is 0 Å². The molecule has 0 radical (unpaired) electrons. The van der Waals surface area contributed by atoms with E-state index in [1.165, 1.54) is 12.1 Å². The van der Waals surface area contributed by atoms with Crippen LogP contribution in [0.4, 0.5) is 114 Å². The van der Waals surface area contributed by atoms with Gasteiger partial charge >= 0.3 is 49.4 Å². The second-order valence-corrected chi connectivity index (χ2v) is 19.4. The van der Waals surface area contributed by atoms with Crippen molar-refractivity contribution < 1.29 is 119 Å². The number of ketones is 1. The van der Waals surface area contributed by atoms with Gasteiger partial charge in [-0.15, -0.1) is 0 Å². The SMILES string of the molecule is FC(F)(F)c1cc([B-](c2cc(C(F)(F)F)cc(C(F)(F)F)c2)(c2cc(C(F)(F)F)cc(C(F)(F)F)c2)c2cc(C(F)(F)F)cc(C(F)(F)F)c2)cc(C(F)(F)F)c1.O=C(C[S+](c1ccccc1F)c1ccccc1F)c1ccccc1. The molecule has 0 saturated heterocycles. The smallest absolute Gasteiger partial charge is 0.289 e. The van der Waals surface area contributed by atoms with E-state index in [0.29, 0.717) is 15.4 Å². The van der Waals surface area contributed by atoms with Crippen LogP contribution in [0.1, 0.15) is 54.9 Å². The van der Waals surface area contributed by atoms with Gasteiger partial charge in [0.05, 0.1) is 55.4 Å². The van der Waals surface area contributed by atoms with Gasteiger partial charge in [-0.3, -0.25) is 4.79 Å². The van der Waals surface area contributed by atoms with Crippen molar-refractivity contribution >= 4 is 44.7 Å². The molecular weight excluding hydrogens is 1180 g/mol. The molecule has 0 fully saturated rings. The Labute approximate surface area is 441 Å². The van der Waals surface area contributed by atoms with E-state index >= 15 is 0 Å². The highest BCUT2D eigenvalue weighted by Crippen LogP contribution is 2.42. The summed E-state index contributed by atoms with van der Waals surface area (Å²) in [4.78, 5) is 13.3. The van der Waals surface area contributed by atoms with Crippen LogP contribution in [-0.4, -0.2) is 17.7 Å². The zero-order valence-corrected chi connectivity index (χ0v) is 40.2. The molecule has 81 heavy (non-hydrogen) atoms. The summed E-state index contributed by atoms with van der Waals surface area (Å²) in [5.41, 5.74) is -29.7. The number of halogens is 26. The normalized spacial score (nSPS) is 13.3. The number of alkyl halides is 24. The van der Waals surface area contributed by atoms with Crippen molar-refractivity contribution in [2.75, 3.05) is 5.75 Å². The molecule has 0 bridgehead atoms. The average molecular weight is 1200 g/mol. The molecule has 0 unspecified atom stereocenters. The summed E-state index contributed by atoms with van der Waals surface area (Å²) >= 11 is 0. The molecule has 0 saturated carbocycles. The first-order valence-electron chi connectivity index (χ1n) is 22.1. The summed E-state index contributed by atoms with van der Waals surface area (Å²) in [5, 5.41) is 0. The average Bonchev–Trinajstić information content (AvgIpc) is 3.48. The molecule has 0 atom stereocenters. The highest BCUT2D eigenvalue weighted by Gasteiger charge is 2.47. The van der Waals surface area contributed by atoms with Crippen LogP contribution in [-0.2, 0) is 60.3 Å². The second-order valence-electron chi connectivity index (χ2n) is 17.4. The van der Waals surface area contributed by atoms with Gasteiger partial charge in [0.15, 0.2) is 27.2 Å². The quantitative estimate of drug-likeness (QED) is 0.0609. The van der Waals surface area contributed by atoms with Crippen molar-refractivity contribution in [2.45, 2.75) is 59.2 Å². The molecule has 0 aliphatic rings. The molecule has 0 aliphatic carbocycles. The maximum atomic E-state index is 14.3. The summed E-state index contributed by atoms with van der Waals surface area (Å²) in [6, 6.07) is 12.5. The lowest BCUT2D eigenvalue weighted by Crippen LogP contribution is -2.75. The van der Waals surface area contributed by atoms with Crippen molar-refractivity contribution in [3.05, 3.63) is 213 Å². The van der Waals surface area contributed by atoms with Gasteiger partial charge in [0, 0.05) is 5.56 Å². The first kappa shape index (κ1) is 63.0. The Kier molecular flexibility index (Phi) is 17.3. The molecule has 432 valence electrons. The standard InChI is InChI=1S/C32H12BF24.C20H15F2OS/c34-25(35,36)13-1-14(26(37,38)39)6-21(5-13)33(22-7-15(27(40,41)42)2-16(8-22)28(43,44)45,23-9-17(29(46,47)48)3-18(10-23)30(49,50)51)24-11-19(31(52,53)54)4-20(12-24)32(55,56)57;21-16-10-4-6-12-19(16)24(20-13-7-5-11-17(20)22)14-18(23)15-8-2-1-3-9-15/h1-12H;1-13H,14H2/q-1;+1. The number of carbonyl (C=O) groups is 1. The molecule has 0 N–H and O–H groups in total. The number of rotatable bonds is 9. The fourth-order valence-corrected chi connectivity index (χ4v) is 10.5. The van der Waals surface area contributed by atoms with Crippen LogP contribution in [0, 0.1) is 11.6 Å². The Hall–Kier alpha value is -7.20. The van der Waals surface area contributed by atoms with Gasteiger partial charge in [-0.2, -0.15) is 127 Å². The Morgan fingerprint density at radius 1 is 0.309 bits per heavy atom. The van der Waals surface area contributed by atoms with E-state index in [1.807, 2.05) is 6.07 Å². The minimum atomic E-state index is -6.13. The zero-order valence-electron chi connectivity index (χ0n) is 39.4. The molecule has 29 heteroatoms. The van der Waals surface area contributed by atoms with E-state index < -0.39 is 217 Å². The molecule has 0 aromatic heterocycles. The van der Waals surface area contributed by atoms with Crippen LogP contribution >= 0.6 is 0 Å². The zero-order chi connectivity index (χ0) is 60.9. The van der Waals surface area contributed by atoms with Gasteiger partial charge in [0.2, 0.25) is 5.78 Å². The third-order valence-corrected chi connectivity index (χ3v) is 14.3. The van der Waals surface area contributed by atoms with Crippen LogP contribution in [0.2, 0.25) is 0 Å². The lowest BCUT2D eigenvalue weighted by atomic mass is 9.12. The van der Waals surface area contributed by atoms with E-state index in [-0.39, 0.29) is 11.5 Å². The Morgan fingerprint density at radius 2 is 0.519 bits per heavy atom. The maximum Gasteiger partial charge on any atom is 0.416 e. The highest BCUT2D eigenvalue weighted by atomic mass is 32.2. The summed E-state index contributed by atoms with van der Waals surface area (Å²) < 4.78 is 369. The third-order valence-electron chi connectivity index (χ3n) is 12.0. The van der Waals surface area contributed by atoms with Crippen molar-refractivity contribution in [3.63, 3.8) is 0 Å². The van der Waals surface area contributed by atoms with E-state index in [0.717, 1.165) is 0 Å². The molecule has 0 spiro atoms. The number of hydrogen-bond acceptors (Lipinski definition) is 1. The summed E-state index contributed by atoms with van der Waals surface area (Å²) in [5.74, 6) is -0.952. The molecule has 1 nitrogen and oxygen atoms in total. The van der Waals surface area contributed by atoms with Crippen molar-refractivity contribution in [3.8, 4) is 0 Å². The Morgan fingerprint density at radius 3 is 0.728 bits per heavy atom. The molecular formula is C52H27BF26OS. The van der Waals surface area contributed by atoms with E-state index in [2.05, 4.69) is 0 Å². The summed E-state index contributed by atoms with van der Waals surface area (Å²) in [7, 11) is -1.00. The third kappa shape index (κ3) is 14.5. The van der Waals surface area contributed by atoms with Crippen LogP contribution in [0.3, 0.4) is 0 Å². The highest BCUT2D eigenvalue weighted by molar-refractivity contribution is 7.97. The van der Waals surface area contributed by atoms with E-state index in [9.17, 15) is 119 Å². The second kappa shape index (κ2) is 22.3. The lowest BCUT2D eigenvalue weighted by Gasteiger charge is -2.46. The fourth-order valence-electron chi connectivity index (χ4n) is 8.47. The van der Waals surface area contributed by atoms with Gasteiger partial charge < -0.3 is 0 Å². The summed E-state index contributed by atoms with van der Waals surface area (Å²) in [6.45, 7) is 0. The van der Waals surface area contributed by atoms with Crippen LogP contribution < -0.4 is 21.9 Å². The van der Waals surface area contributed by atoms with Crippen molar-refractivity contribution in [1.82, 2.24) is 0 Å². The molecule has 0 heterocycles. The number of hydrogen-bond donors (Lipinski definition) is 0. The van der Waals surface area contributed by atoms with Crippen molar-refractivity contribution in [1.29, 1.82) is 0 Å². The molecule has 0 amide bonds. The van der Waals surface area contributed by atoms with Gasteiger partial charge in [-0.25, -0.2) is 8.78 Å². The first-order chi connectivity index (χ1) is 36.9. The minimum absolute atomic E-state index is 0.0336.